The molecule has 25 heavy (non-hydrogen) atoms. The molecule has 1 aliphatic rings. The molecule has 0 spiro atoms. The summed E-state index contributed by atoms with van der Waals surface area (Å²) in [5.74, 6) is -0.365. The Morgan fingerprint density at radius 2 is 2.24 bits per heavy atom. The summed E-state index contributed by atoms with van der Waals surface area (Å²) in [6, 6.07) is 7.55. The second-order valence-electron chi connectivity index (χ2n) is 6.02. The highest BCUT2D eigenvalue weighted by Crippen LogP contribution is 2.18. The lowest BCUT2D eigenvalue weighted by Crippen LogP contribution is -2.45. The van der Waals surface area contributed by atoms with Gasteiger partial charge in [0.05, 0.1) is 7.11 Å². The first-order valence-corrected chi connectivity index (χ1v) is 8.15. The van der Waals surface area contributed by atoms with Crippen LogP contribution in [-0.4, -0.2) is 42.0 Å². The fraction of sp³-hybridized carbons (Fsp3) is 0.333. The van der Waals surface area contributed by atoms with Crippen LogP contribution in [0.2, 0.25) is 0 Å². The number of carbonyl (C=O) groups excluding carboxylic acids is 1. The summed E-state index contributed by atoms with van der Waals surface area (Å²) in [6.07, 6.45) is 3.11. The van der Waals surface area contributed by atoms with Crippen LogP contribution >= 0.6 is 0 Å². The number of rotatable bonds is 4. The van der Waals surface area contributed by atoms with Gasteiger partial charge in [0.1, 0.15) is 11.5 Å². The Morgan fingerprint density at radius 3 is 2.96 bits per heavy atom. The number of H-pyrrole nitrogens is 1. The van der Waals surface area contributed by atoms with E-state index in [0.29, 0.717) is 18.8 Å². The maximum absolute atomic E-state index is 13.3. The predicted octanol–water partition coefficient (Wildman–Crippen LogP) is 2.24. The van der Waals surface area contributed by atoms with Crippen molar-refractivity contribution in [2.75, 3.05) is 25.5 Å². The number of halogens is 1. The van der Waals surface area contributed by atoms with E-state index in [9.17, 15) is 14.0 Å². The number of benzene rings is 1. The van der Waals surface area contributed by atoms with Gasteiger partial charge in [0, 0.05) is 37.1 Å². The van der Waals surface area contributed by atoms with Gasteiger partial charge in [-0.25, -0.2) is 4.39 Å². The van der Waals surface area contributed by atoms with Crippen LogP contribution < -0.4 is 15.5 Å². The van der Waals surface area contributed by atoms with E-state index in [0.717, 1.165) is 12.8 Å². The van der Waals surface area contributed by atoms with E-state index in [1.165, 1.54) is 31.5 Å². The van der Waals surface area contributed by atoms with Crippen LogP contribution in [0.25, 0.3) is 0 Å². The highest BCUT2D eigenvalue weighted by molar-refractivity contribution is 5.92. The van der Waals surface area contributed by atoms with E-state index >= 15 is 0 Å². The average molecular weight is 345 g/mol. The molecule has 0 unspecified atom stereocenters. The minimum absolute atomic E-state index is 0.0319. The molecule has 2 aromatic rings. The number of hydrogen-bond acceptors (Lipinski definition) is 4. The maximum Gasteiger partial charge on any atom is 0.270 e. The van der Waals surface area contributed by atoms with Crippen LogP contribution in [0.15, 0.2) is 41.3 Å². The predicted molar refractivity (Wildman–Crippen MR) is 92.6 cm³/mol. The molecule has 6 nitrogen and oxygen atoms in total. The molecule has 0 saturated carbocycles. The molecule has 2 N–H and O–H groups in total. The van der Waals surface area contributed by atoms with E-state index in [2.05, 4.69) is 10.3 Å². The number of aromatic nitrogens is 1. The Balaban J connectivity index is 1.69. The van der Waals surface area contributed by atoms with Crippen LogP contribution in [0.4, 0.5) is 10.1 Å². The smallest absolute Gasteiger partial charge is 0.270 e. The number of amides is 1. The summed E-state index contributed by atoms with van der Waals surface area (Å²) in [5, 5.41) is 3.26. The summed E-state index contributed by atoms with van der Waals surface area (Å²) in [7, 11) is 1.40. The fourth-order valence-electron chi connectivity index (χ4n) is 3.01. The van der Waals surface area contributed by atoms with Crippen molar-refractivity contribution in [2.45, 2.75) is 18.9 Å². The molecule has 1 aliphatic heterocycles. The van der Waals surface area contributed by atoms with E-state index in [1.807, 2.05) is 0 Å². The van der Waals surface area contributed by atoms with Gasteiger partial charge in [-0.15, -0.1) is 0 Å². The second kappa shape index (κ2) is 7.38. The third-order valence-corrected chi connectivity index (χ3v) is 4.23. The molecule has 1 aromatic heterocycles. The number of anilines is 1. The molecule has 1 atom stereocenters. The molecular formula is C18H20FN3O3. The minimum atomic E-state index is -0.337. The molecule has 0 radical (unpaired) electrons. The number of likely N-dealkylation sites (tertiary alicyclic amines) is 1. The SMILES string of the molecule is COc1c[nH]c(C(=O)N2CCC[C@H](Nc3cccc(F)c3)C2)cc1=O. The summed E-state index contributed by atoms with van der Waals surface area (Å²) in [6.45, 7) is 1.11. The number of pyridine rings is 1. The topological polar surface area (TPSA) is 74.4 Å². The summed E-state index contributed by atoms with van der Waals surface area (Å²) in [5.41, 5.74) is 0.588. The van der Waals surface area contributed by atoms with Crippen LogP contribution in [-0.2, 0) is 0 Å². The second-order valence-corrected chi connectivity index (χ2v) is 6.02. The van der Waals surface area contributed by atoms with Crippen molar-refractivity contribution >= 4 is 11.6 Å². The van der Waals surface area contributed by atoms with Crippen molar-refractivity contribution < 1.29 is 13.9 Å². The van der Waals surface area contributed by atoms with Gasteiger partial charge in [0.15, 0.2) is 5.75 Å². The first-order chi connectivity index (χ1) is 12.1. The maximum atomic E-state index is 13.3. The lowest BCUT2D eigenvalue weighted by atomic mass is 10.0. The number of carbonyl (C=O) groups is 1. The van der Waals surface area contributed by atoms with E-state index in [4.69, 9.17) is 4.74 Å². The van der Waals surface area contributed by atoms with Crippen LogP contribution in [0.5, 0.6) is 5.75 Å². The molecule has 3 rings (SSSR count). The zero-order valence-electron chi connectivity index (χ0n) is 13.9. The van der Waals surface area contributed by atoms with Crippen LogP contribution in [0, 0.1) is 5.82 Å². The molecule has 1 saturated heterocycles. The number of hydrogen-bond donors (Lipinski definition) is 2. The molecule has 2 heterocycles. The zero-order valence-corrected chi connectivity index (χ0v) is 13.9. The molecule has 1 fully saturated rings. The average Bonchev–Trinajstić information content (AvgIpc) is 2.61. The highest BCUT2D eigenvalue weighted by atomic mass is 19.1. The summed E-state index contributed by atoms with van der Waals surface area (Å²) in [4.78, 5) is 29.0. The van der Waals surface area contributed by atoms with Gasteiger partial charge in [-0.3, -0.25) is 9.59 Å². The molecule has 132 valence electrons. The van der Waals surface area contributed by atoms with Gasteiger partial charge in [-0.05, 0) is 31.0 Å². The number of nitrogens with zero attached hydrogens (tertiary/aromatic N) is 1. The molecule has 1 aromatic carbocycles. The molecule has 0 aliphatic carbocycles. The molecular weight excluding hydrogens is 325 g/mol. The van der Waals surface area contributed by atoms with Crippen molar-refractivity contribution in [1.29, 1.82) is 0 Å². The highest BCUT2D eigenvalue weighted by Gasteiger charge is 2.25. The lowest BCUT2D eigenvalue weighted by molar-refractivity contribution is 0.0708. The third-order valence-electron chi connectivity index (χ3n) is 4.23. The Hall–Kier alpha value is -2.83. The Bertz CT molecular complexity index is 821. The van der Waals surface area contributed by atoms with Gasteiger partial charge in [0.2, 0.25) is 5.43 Å². The van der Waals surface area contributed by atoms with Crippen molar-refractivity contribution in [1.82, 2.24) is 9.88 Å². The molecule has 0 bridgehead atoms. The van der Waals surface area contributed by atoms with Crippen molar-refractivity contribution in [2.24, 2.45) is 0 Å². The van der Waals surface area contributed by atoms with Crippen LogP contribution in [0.1, 0.15) is 23.3 Å². The van der Waals surface area contributed by atoms with Crippen molar-refractivity contribution in [3.05, 3.63) is 58.3 Å². The van der Waals surface area contributed by atoms with E-state index in [1.54, 1.807) is 17.0 Å². The first kappa shape index (κ1) is 17.0. The van der Waals surface area contributed by atoms with Crippen LogP contribution in [0.3, 0.4) is 0 Å². The quantitative estimate of drug-likeness (QED) is 0.891. The normalized spacial score (nSPS) is 17.2. The number of ether oxygens (including phenoxy) is 1. The van der Waals surface area contributed by atoms with Crippen molar-refractivity contribution in [3.63, 3.8) is 0 Å². The summed E-state index contributed by atoms with van der Waals surface area (Å²) >= 11 is 0. The van der Waals surface area contributed by atoms with Crippen molar-refractivity contribution in [3.8, 4) is 5.75 Å². The fourth-order valence-corrected chi connectivity index (χ4v) is 3.01. The van der Waals surface area contributed by atoms with E-state index in [-0.39, 0.29) is 34.6 Å². The van der Waals surface area contributed by atoms with E-state index < -0.39 is 0 Å². The number of nitrogens with one attached hydrogen (secondary N) is 2. The van der Waals surface area contributed by atoms with Gasteiger partial charge in [-0.1, -0.05) is 6.07 Å². The van der Waals surface area contributed by atoms with Gasteiger partial charge < -0.3 is 19.9 Å². The first-order valence-electron chi connectivity index (χ1n) is 8.15. The number of aromatic amines is 1. The Kier molecular flexibility index (Phi) is 5.02. The van der Waals surface area contributed by atoms with Gasteiger partial charge in [0.25, 0.3) is 5.91 Å². The van der Waals surface area contributed by atoms with Gasteiger partial charge in [-0.2, -0.15) is 0 Å². The zero-order chi connectivity index (χ0) is 17.8. The lowest BCUT2D eigenvalue weighted by Gasteiger charge is -2.33. The molecule has 1 amide bonds. The molecule has 7 heteroatoms. The Morgan fingerprint density at radius 1 is 1.40 bits per heavy atom. The number of piperidine rings is 1. The standard InChI is InChI=1S/C18H20FN3O3/c1-25-17-10-20-15(9-16(17)23)18(24)22-7-3-6-14(11-22)21-13-5-2-4-12(19)8-13/h2,4-5,8-10,14,21H,3,6-7,11H2,1H3,(H,20,23)/t14-/m0/s1. The largest absolute Gasteiger partial charge is 0.491 e. The number of methoxy groups -OCH3 is 1. The Labute approximate surface area is 144 Å². The van der Waals surface area contributed by atoms with Gasteiger partial charge >= 0.3 is 0 Å². The summed E-state index contributed by atoms with van der Waals surface area (Å²) < 4.78 is 18.2. The third kappa shape index (κ3) is 3.99. The monoisotopic (exact) mass is 345 g/mol. The minimum Gasteiger partial charge on any atom is -0.491 e.